The van der Waals surface area contributed by atoms with Gasteiger partial charge < -0.3 is 10.1 Å². The molecule has 1 aliphatic rings. The molecule has 0 saturated heterocycles. The predicted molar refractivity (Wildman–Crippen MR) is 67.1 cm³/mol. The van der Waals surface area contributed by atoms with Crippen LogP contribution in [0.2, 0.25) is 5.02 Å². The molecule has 1 saturated carbocycles. The van der Waals surface area contributed by atoms with Gasteiger partial charge in [0, 0.05) is 17.9 Å². The second-order valence-electron chi connectivity index (χ2n) is 5.06. The van der Waals surface area contributed by atoms with Gasteiger partial charge >= 0.3 is 0 Å². The third-order valence-electron chi connectivity index (χ3n) is 3.71. The molecule has 2 unspecified atom stereocenters. The first kappa shape index (κ1) is 12.7. The van der Waals surface area contributed by atoms with Crippen LogP contribution < -0.4 is 10.1 Å². The second kappa shape index (κ2) is 4.46. The maximum Gasteiger partial charge on any atom is 0.183 e. The Kier molecular flexibility index (Phi) is 3.32. The number of benzene rings is 1. The van der Waals surface area contributed by atoms with Crippen LogP contribution in [0.3, 0.4) is 0 Å². The zero-order valence-electron chi connectivity index (χ0n) is 10.3. The summed E-state index contributed by atoms with van der Waals surface area (Å²) in [7, 11) is 1.93. The van der Waals surface area contributed by atoms with Gasteiger partial charge in [-0.15, -0.1) is 0 Å². The smallest absolute Gasteiger partial charge is 0.183 e. The summed E-state index contributed by atoms with van der Waals surface area (Å²) in [6.07, 6.45) is 0.906. The summed E-state index contributed by atoms with van der Waals surface area (Å²) >= 11 is 5.72. The highest BCUT2D eigenvalue weighted by atomic mass is 35.5. The summed E-state index contributed by atoms with van der Waals surface area (Å²) < 4.78 is 19.4. The molecule has 1 N–H and O–H groups in total. The van der Waals surface area contributed by atoms with Gasteiger partial charge in [0.2, 0.25) is 0 Å². The number of halogens is 2. The van der Waals surface area contributed by atoms with E-state index in [1.165, 1.54) is 6.07 Å². The first-order valence-corrected chi connectivity index (χ1v) is 6.12. The molecule has 1 aromatic carbocycles. The molecule has 1 aromatic rings. The summed E-state index contributed by atoms with van der Waals surface area (Å²) in [5.41, 5.74) is 0.00348. The highest BCUT2D eigenvalue weighted by Gasteiger charge is 2.49. The molecule has 0 aliphatic heterocycles. The Hall–Kier alpha value is -0.800. The minimum Gasteiger partial charge on any atom is -0.487 e. The van der Waals surface area contributed by atoms with E-state index in [9.17, 15) is 4.39 Å². The predicted octanol–water partition coefficient (Wildman–Crippen LogP) is 3.24. The summed E-state index contributed by atoms with van der Waals surface area (Å²) in [5, 5.41) is 3.34. The van der Waals surface area contributed by atoms with Gasteiger partial charge in [-0.05, 0) is 19.2 Å². The first-order valence-electron chi connectivity index (χ1n) is 5.74. The zero-order valence-corrected chi connectivity index (χ0v) is 11.0. The third-order valence-corrected chi connectivity index (χ3v) is 4.00. The lowest BCUT2D eigenvalue weighted by Gasteiger charge is -2.51. The largest absolute Gasteiger partial charge is 0.487 e. The maximum absolute atomic E-state index is 13.7. The fourth-order valence-corrected chi connectivity index (χ4v) is 2.47. The molecule has 1 aliphatic carbocycles. The monoisotopic (exact) mass is 257 g/mol. The molecule has 0 spiro atoms. The third kappa shape index (κ3) is 2.14. The lowest BCUT2D eigenvalue weighted by Crippen LogP contribution is -2.61. The average Bonchev–Trinajstić information content (AvgIpc) is 2.29. The minimum atomic E-state index is -0.474. The topological polar surface area (TPSA) is 21.3 Å². The molecule has 2 rings (SSSR count). The Morgan fingerprint density at radius 1 is 1.47 bits per heavy atom. The minimum absolute atomic E-state index is 0.00348. The highest BCUT2D eigenvalue weighted by molar-refractivity contribution is 6.30. The fraction of sp³-hybridized carbons (Fsp3) is 0.538. The van der Waals surface area contributed by atoms with Crippen molar-refractivity contribution in [3.05, 3.63) is 29.0 Å². The molecule has 0 radical (unpaired) electrons. The van der Waals surface area contributed by atoms with Crippen molar-refractivity contribution in [1.82, 2.24) is 5.32 Å². The molecule has 0 heterocycles. The van der Waals surface area contributed by atoms with Crippen molar-refractivity contribution in [3.8, 4) is 5.75 Å². The van der Waals surface area contributed by atoms with Crippen molar-refractivity contribution >= 4 is 11.6 Å². The van der Waals surface area contributed by atoms with E-state index in [1.54, 1.807) is 12.1 Å². The van der Waals surface area contributed by atoms with Crippen LogP contribution in [0.5, 0.6) is 5.75 Å². The van der Waals surface area contributed by atoms with Crippen molar-refractivity contribution in [3.63, 3.8) is 0 Å². The van der Waals surface area contributed by atoms with Crippen LogP contribution in [0, 0.1) is 11.2 Å². The van der Waals surface area contributed by atoms with Gasteiger partial charge in [-0.2, -0.15) is 0 Å². The lowest BCUT2D eigenvalue weighted by molar-refractivity contribution is -0.0538. The lowest BCUT2D eigenvalue weighted by atomic mass is 9.64. The molecule has 0 aromatic heterocycles. The molecule has 1 fully saturated rings. The van der Waals surface area contributed by atoms with Crippen molar-refractivity contribution in [2.24, 2.45) is 5.41 Å². The average molecular weight is 258 g/mol. The van der Waals surface area contributed by atoms with E-state index in [-0.39, 0.29) is 22.3 Å². The summed E-state index contributed by atoms with van der Waals surface area (Å²) in [6, 6.07) is 5.24. The van der Waals surface area contributed by atoms with Gasteiger partial charge in [0.15, 0.2) is 11.6 Å². The van der Waals surface area contributed by atoms with Crippen LogP contribution in [0.4, 0.5) is 4.39 Å². The standard InChI is InChI=1S/C13H17ClFNO/c1-13(2)10(16-3)7-11(13)17-9-6-4-5-8(14)12(9)15/h4-6,10-11,16H,7H2,1-3H3. The number of hydrogen-bond acceptors (Lipinski definition) is 2. The van der Waals surface area contributed by atoms with Gasteiger partial charge in [0.25, 0.3) is 0 Å². The van der Waals surface area contributed by atoms with E-state index >= 15 is 0 Å². The van der Waals surface area contributed by atoms with Gasteiger partial charge in [0.05, 0.1) is 5.02 Å². The van der Waals surface area contributed by atoms with Crippen molar-refractivity contribution in [2.45, 2.75) is 32.4 Å². The first-order chi connectivity index (χ1) is 7.96. The highest BCUT2D eigenvalue weighted by Crippen LogP contribution is 2.43. The van der Waals surface area contributed by atoms with Crippen LogP contribution in [-0.2, 0) is 0 Å². The van der Waals surface area contributed by atoms with Gasteiger partial charge in [-0.3, -0.25) is 0 Å². The SMILES string of the molecule is CNC1CC(Oc2cccc(Cl)c2F)C1(C)C. The van der Waals surface area contributed by atoms with Crippen molar-refractivity contribution in [1.29, 1.82) is 0 Å². The van der Waals surface area contributed by atoms with Gasteiger partial charge in [-0.25, -0.2) is 4.39 Å². The summed E-state index contributed by atoms with van der Waals surface area (Å²) in [5.74, 6) is -0.233. The van der Waals surface area contributed by atoms with Crippen LogP contribution in [0.25, 0.3) is 0 Å². The van der Waals surface area contributed by atoms with Crippen molar-refractivity contribution in [2.75, 3.05) is 7.05 Å². The van der Waals surface area contributed by atoms with E-state index in [2.05, 4.69) is 19.2 Å². The molecule has 94 valence electrons. The fourth-order valence-electron chi connectivity index (χ4n) is 2.30. The molecule has 2 atom stereocenters. The number of rotatable bonds is 3. The quantitative estimate of drug-likeness (QED) is 0.898. The van der Waals surface area contributed by atoms with E-state index in [0.717, 1.165) is 6.42 Å². The van der Waals surface area contributed by atoms with E-state index in [0.29, 0.717) is 6.04 Å². The van der Waals surface area contributed by atoms with E-state index in [4.69, 9.17) is 16.3 Å². The second-order valence-corrected chi connectivity index (χ2v) is 5.46. The Labute approximate surface area is 106 Å². The van der Waals surface area contributed by atoms with Crippen LogP contribution in [0.1, 0.15) is 20.3 Å². The Bertz CT molecular complexity index is 422. The molecule has 0 bridgehead atoms. The van der Waals surface area contributed by atoms with Gasteiger partial charge in [-0.1, -0.05) is 31.5 Å². The Morgan fingerprint density at radius 2 is 2.18 bits per heavy atom. The zero-order chi connectivity index (χ0) is 12.6. The van der Waals surface area contributed by atoms with Crippen LogP contribution in [-0.4, -0.2) is 19.2 Å². The Balaban J connectivity index is 2.11. The van der Waals surface area contributed by atoms with Gasteiger partial charge in [0.1, 0.15) is 6.10 Å². The van der Waals surface area contributed by atoms with Crippen molar-refractivity contribution < 1.29 is 9.13 Å². The molecule has 2 nitrogen and oxygen atoms in total. The summed E-state index contributed by atoms with van der Waals surface area (Å²) in [6.45, 7) is 4.23. The number of hydrogen-bond donors (Lipinski definition) is 1. The van der Waals surface area contributed by atoms with Crippen LogP contribution >= 0.6 is 11.6 Å². The number of ether oxygens (including phenoxy) is 1. The van der Waals surface area contributed by atoms with Crippen LogP contribution in [0.15, 0.2) is 18.2 Å². The maximum atomic E-state index is 13.7. The molecule has 4 heteroatoms. The molecular formula is C13H17ClFNO. The molecule has 17 heavy (non-hydrogen) atoms. The van der Waals surface area contributed by atoms with E-state index in [1.807, 2.05) is 7.05 Å². The summed E-state index contributed by atoms with van der Waals surface area (Å²) in [4.78, 5) is 0. The molecular weight excluding hydrogens is 241 g/mol. The molecule has 0 amide bonds. The normalized spacial score (nSPS) is 26.4. The van der Waals surface area contributed by atoms with E-state index < -0.39 is 5.82 Å². The Morgan fingerprint density at radius 3 is 2.76 bits per heavy atom. The number of nitrogens with one attached hydrogen (secondary N) is 1.